The van der Waals surface area contributed by atoms with Gasteiger partial charge in [-0.1, -0.05) is 5.18 Å². The Morgan fingerprint density at radius 3 is 2.67 bits per heavy atom. The zero-order valence-electron chi connectivity index (χ0n) is 5.29. The van der Waals surface area contributed by atoms with Gasteiger partial charge in [-0.2, -0.15) is 4.91 Å². The minimum absolute atomic E-state index is 0.124. The molecule has 0 saturated carbocycles. The second-order valence-corrected chi connectivity index (χ2v) is 2.98. The van der Waals surface area contributed by atoms with Crippen LogP contribution in [0.5, 0.6) is 0 Å². The average Bonchev–Trinajstić information content (AvgIpc) is 2.45. The van der Waals surface area contributed by atoms with Crippen molar-refractivity contribution in [3.8, 4) is 0 Å². The molecule has 2 saturated heterocycles. The molecule has 2 aliphatic heterocycles. The molecule has 0 aliphatic carbocycles. The van der Waals surface area contributed by atoms with E-state index in [1.165, 1.54) is 13.0 Å². The lowest BCUT2D eigenvalue weighted by Crippen LogP contribution is -2.25. The summed E-state index contributed by atoms with van der Waals surface area (Å²) in [5.74, 6) is 0.600. The van der Waals surface area contributed by atoms with E-state index in [2.05, 4.69) is 10.1 Å². The zero-order valence-corrected chi connectivity index (χ0v) is 5.29. The molecular weight excluding hydrogens is 116 g/mol. The van der Waals surface area contributed by atoms with Crippen LogP contribution in [-0.4, -0.2) is 30.6 Å². The van der Waals surface area contributed by atoms with Crippen LogP contribution in [0.2, 0.25) is 0 Å². The summed E-state index contributed by atoms with van der Waals surface area (Å²) in [6.45, 7) is 3.24. The highest BCUT2D eigenvalue weighted by molar-refractivity contribution is 4.94. The van der Waals surface area contributed by atoms with Gasteiger partial charge in [0.1, 0.15) is 6.04 Å². The van der Waals surface area contributed by atoms with Crippen molar-refractivity contribution in [3.63, 3.8) is 0 Å². The Bertz CT molecular complexity index is 137. The first-order chi connectivity index (χ1) is 4.40. The van der Waals surface area contributed by atoms with Gasteiger partial charge in [0.25, 0.3) is 0 Å². The first-order valence-corrected chi connectivity index (χ1v) is 3.45. The molecule has 2 fully saturated rings. The summed E-state index contributed by atoms with van der Waals surface area (Å²) in [6.07, 6.45) is 1.19. The molecule has 2 bridgehead atoms. The third-order valence-corrected chi connectivity index (χ3v) is 2.43. The molecule has 50 valence electrons. The first-order valence-electron chi connectivity index (χ1n) is 3.45. The van der Waals surface area contributed by atoms with Crippen LogP contribution in [0.4, 0.5) is 0 Å². The van der Waals surface area contributed by atoms with E-state index in [4.69, 9.17) is 0 Å². The number of fused-ring (bicyclic) bond motifs is 2. The summed E-state index contributed by atoms with van der Waals surface area (Å²) >= 11 is 0. The number of piperidine rings is 1. The van der Waals surface area contributed by atoms with Crippen molar-refractivity contribution < 1.29 is 0 Å². The van der Waals surface area contributed by atoms with Gasteiger partial charge in [0, 0.05) is 13.1 Å². The van der Waals surface area contributed by atoms with Gasteiger partial charge in [-0.15, -0.1) is 0 Å². The highest BCUT2D eigenvalue weighted by atomic mass is 16.3. The fraction of sp³-hybridized carbons (Fsp3) is 1.00. The lowest BCUT2D eigenvalue weighted by Gasteiger charge is -2.14. The van der Waals surface area contributed by atoms with Gasteiger partial charge >= 0.3 is 0 Å². The molecule has 0 aromatic carbocycles. The molecule has 3 unspecified atom stereocenters. The molecule has 2 heterocycles. The molecule has 3 heteroatoms. The molecule has 0 N–H and O–H groups in total. The Kier molecular flexibility index (Phi) is 1.05. The van der Waals surface area contributed by atoms with Crippen LogP contribution in [-0.2, 0) is 0 Å². The van der Waals surface area contributed by atoms with Crippen molar-refractivity contribution in [2.45, 2.75) is 12.5 Å². The van der Waals surface area contributed by atoms with Crippen LogP contribution in [0.15, 0.2) is 5.18 Å². The molecule has 0 radical (unpaired) electrons. The Morgan fingerprint density at radius 2 is 2.33 bits per heavy atom. The highest BCUT2D eigenvalue weighted by Gasteiger charge is 2.38. The quantitative estimate of drug-likeness (QED) is 0.478. The van der Waals surface area contributed by atoms with Crippen LogP contribution >= 0.6 is 0 Å². The predicted molar refractivity (Wildman–Crippen MR) is 34.1 cm³/mol. The fourth-order valence-electron chi connectivity index (χ4n) is 1.88. The monoisotopic (exact) mass is 126 g/mol. The van der Waals surface area contributed by atoms with E-state index in [0.29, 0.717) is 5.92 Å². The molecule has 9 heavy (non-hydrogen) atoms. The Morgan fingerprint density at radius 1 is 1.44 bits per heavy atom. The third kappa shape index (κ3) is 0.678. The molecule has 3 nitrogen and oxygen atoms in total. The Balaban J connectivity index is 2.09. The summed E-state index contributed by atoms with van der Waals surface area (Å²) in [6, 6.07) is 0.124. The molecule has 0 aromatic rings. The van der Waals surface area contributed by atoms with E-state index in [0.717, 1.165) is 13.1 Å². The Labute approximate surface area is 54.0 Å². The van der Waals surface area contributed by atoms with E-state index in [9.17, 15) is 4.91 Å². The topological polar surface area (TPSA) is 32.7 Å². The van der Waals surface area contributed by atoms with Crippen LogP contribution in [0, 0.1) is 10.8 Å². The van der Waals surface area contributed by atoms with Gasteiger partial charge in [-0.25, -0.2) is 0 Å². The predicted octanol–water partition coefficient (Wildman–Crippen LogP) is 0.457. The van der Waals surface area contributed by atoms with E-state index >= 15 is 0 Å². The molecule has 2 aliphatic rings. The van der Waals surface area contributed by atoms with Gasteiger partial charge in [-0.05, 0) is 18.9 Å². The lowest BCUT2D eigenvalue weighted by atomic mass is 10.0. The Hall–Kier alpha value is -0.440. The molecular formula is C6H10N2O. The largest absolute Gasteiger partial charge is 0.301 e. The van der Waals surface area contributed by atoms with Crippen LogP contribution in [0.3, 0.4) is 0 Å². The lowest BCUT2D eigenvalue weighted by molar-refractivity contribution is 0.346. The minimum atomic E-state index is 0.124. The van der Waals surface area contributed by atoms with Crippen molar-refractivity contribution in [2.24, 2.45) is 11.1 Å². The summed E-state index contributed by atoms with van der Waals surface area (Å²) in [7, 11) is 0. The second-order valence-electron chi connectivity index (χ2n) is 2.98. The molecule has 3 atom stereocenters. The number of nitrogens with zero attached hydrogens (tertiary/aromatic N) is 2. The van der Waals surface area contributed by atoms with E-state index in [1.54, 1.807) is 0 Å². The third-order valence-electron chi connectivity index (χ3n) is 2.43. The second kappa shape index (κ2) is 1.77. The van der Waals surface area contributed by atoms with E-state index in [1.807, 2.05) is 0 Å². The minimum Gasteiger partial charge on any atom is -0.301 e. The number of hydrogen-bond donors (Lipinski definition) is 0. The van der Waals surface area contributed by atoms with E-state index in [-0.39, 0.29) is 6.04 Å². The standard InChI is InChI=1S/C6H10N2O/c9-7-6-4-8-2-1-5(6)3-8/h5-6H,1-4H2. The van der Waals surface area contributed by atoms with Crippen molar-refractivity contribution in [3.05, 3.63) is 4.91 Å². The molecule has 0 aromatic heterocycles. The maximum Gasteiger partial charge on any atom is 0.109 e. The fourth-order valence-corrected chi connectivity index (χ4v) is 1.88. The van der Waals surface area contributed by atoms with Crippen molar-refractivity contribution in [1.29, 1.82) is 0 Å². The zero-order chi connectivity index (χ0) is 6.27. The molecule has 2 rings (SSSR count). The first kappa shape index (κ1) is 5.35. The van der Waals surface area contributed by atoms with Crippen LogP contribution in [0.25, 0.3) is 0 Å². The normalized spacial score (nSPS) is 47.8. The van der Waals surface area contributed by atoms with Crippen molar-refractivity contribution >= 4 is 0 Å². The number of nitroso groups, excluding NO2 is 1. The SMILES string of the molecule is O=NC1CN2CCC1C2. The van der Waals surface area contributed by atoms with Crippen molar-refractivity contribution in [1.82, 2.24) is 4.90 Å². The summed E-state index contributed by atoms with van der Waals surface area (Å²) < 4.78 is 0. The van der Waals surface area contributed by atoms with Gasteiger partial charge < -0.3 is 4.90 Å². The van der Waals surface area contributed by atoms with Gasteiger partial charge in [-0.3, -0.25) is 0 Å². The maximum atomic E-state index is 10.1. The van der Waals surface area contributed by atoms with Crippen LogP contribution in [0.1, 0.15) is 6.42 Å². The molecule has 0 amide bonds. The van der Waals surface area contributed by atoms with Gasteiger partial charge in [0.15, 0.2) is 0 Å². The molecule has 0 spiro atoms. The maximum absolute atomic E-state index is 10.1. The van der Waals surface area contributed by atoms with Crippen molar-refractivity contribution in [2.75, 3.05) is 19.6 Å². The van der Waals surface area contributed by atoms with E-state index < -0.39 is 0 Å². The summed E-state index contributed by atoms with van der Waals surface area (Å²) in [5.41, 5.74) is 0. The van der Waals surface area contributed by atoms with Crippen LogP contribution < -0.4 is 0 Å². The smallest absolute Gasteiger partial charge is 0.109 e. The summed E-state index contributed by atoms with van der Waals surface area (Å²) in [4.78, 5) is 12.4. The number of hydrogen-bond acceptors (Lipinski definition) is 3. The van der Waals surface area contributed by atoms with Gasteiger partial charge in [0.2, 0.25) is 0 Å². The average molecular weight is 126 g/mol. The highest BCUT2D eigenvalue weighted by Crippen LogP contribution is 2.29. The van der Waals surface area contributed by atoms with Gasteiger partial charge in [0.05, 0.1) is 0 Å². The summed E-state index contributed by atoms with van der Waals surface area (Å²) in [5, 5.41) is 3.08. The number of rotatable bonds is 1.